The van der Waals surface area contributed by atoms with Crippen LogP contribution in [0.1, 0.15) is 12.0 Å². The molecule has 0 radical (unpaired) electrons. The van der Waals surface area contributed by atoms with Crippen LogP contribution in [0.4, 0.5) is 11.4 Å². The molecule has 0 spiro atoms. The lowest BCUT2D eigenvalue weighted by molar-refractivity contribution is -0.116. The highest BCUT2D eigenvalue weighted by Crippen LogP contribution is 2.22. The number of carbonyl (C=O) groups is 1. The van der Waals surface area contributed by atoms with E-state index in [9.17, 15) is 13.2 Å². The maximum Gasteiger partial charge on any atom is 0.232 e. The molecule has 142 valence electrons. The first-order chi connectivity index (χ1) is 13.4. The number of para-hydroxylation sites is 1. The molecule has 1 heterocycles. The van der Waals surface area contributed by atoms with E-state index in [0.717, 1.165) is 15.9 Å². The monoisotopic (exact) mass is 394 g/mol. The number of benzene rings is 2. The van der Waals surface area contributed by atoms with Crippen LogP contribution in [0.3, 0.4) is 0 Å². The van der Waals surface area contributed by atoms with Crippen molar-refractivity contribution in [3.05, 3.63) is 66.4 Å². The number of rotatable bonds is 6. The van der Waals surface area contributed by atoms with Crippen molar-refractivity contribution in [3.63, 3.8) is 0 Å². The van der Waals surface area contributed by atoms with Crippen LogP contribution in [0.25, 0.3) is 10.9 Å². The Kier molecular flexibility index (Phi) is 5.57. The van der Waals surface area contributed by atoms with Gasteiger partial charge in [-0.25, -0.2) is 8.42 Å². The van der Waals surface area contributed by atoms with Crippen molar-refractivity contribution in [3.8, 4) is 6.07 Å². The summed E-state index contributed by atoms with van der Waals surface area (Å²) < 4.78 is 25.5. The molecule has 1 amide bonds. The van der Waals surface area contributed by atoms with Crippen LogP contribution in [-0.2, 0) is 14.8 Å². The molecule has 3 aromatic rings. The minimum Gasteiger partial charge on any atom is -0.324 e. The topological polar surface area (TPSA) is 103 Å². The Labute approximate surface area is 163 Å². The molecule has 0 aliphatic rings. The van der Waals surface area contributed by atoms with E-state index in [1.54, 1.807) is 30.5 Å². The Hall–Kier alpha value is -3.44. The van der Waals surface area contributed by atoms with Gasteiger partial charge in [-0.05, 0) is 30.3 Å². The van der Waals surface area contributed by atoms with Gasteiger partial charge in [0.15, 0.2) is 0 Å². The zero-order valence-corrected chi connectivity index (χ0v) is 16.0. The molecule has 0 fully saturated rings. The van der Waals surface area contributed by atoms with Crippen LogP contribution in [0.5, 0.6) is 0 Å². The van der Waals surface area contributed by atoms with Crippen LogP contribution in [0.2, 0.25) is 0 Å². The summed E-state index contributed by atoms with van der Waals surface area (Å²) in [6, 6.07) is 17.4. The number of carbonyl (C=O) groups excluding carboxylic acids is 1. The number of fused-ring (bicyclic) bond motifs is 1. The molecule has 2 aromatic carbocycles. The first-order valence-corrected chi connectivity index (χ1v) is 10.3. The molecule has 0 saturated heterocycles. The van der Waals surface area contributed by atoms with Gasteiger partial charge in [-0.15, -0.1) is 0 Å². The highest BCUT2D eigenvalue weighted by molar-refractivity contribution is 7.92. The van der Waals surface area contributed by atoms with Gasteiger partial charge in [0, 0.05) is 24.5 Å². The molecule has 0 atom stereocenters. The Morgan fingerprint density at radius 2 is 1.93 bits per heavy atom. The van der Waals surface area contributed by atoms with Crippen LogP contribution < -0.4 is 9.62 Å². The quantitative estimate of drug-likeness (QED) is 0.692. The Morgan fingerprint density at radius 3 is 2.68 bits per heavy atom. The van der Waals surface area contributed by atoms with E-state index in [1.165, 1.54) is 6.07 Å². The highest BCUT2D eigenvalue weighted by atomic mass is 32.2. The molecule has 0 unspecified atom stereocenters. The fraction of sp³-hybridized carbons (Fsp3) is 0.150. The minimum absolute atomic E-state index is 0.0439. The third-order valence-electron chi connectivity index (χ3n) is 4.11. The number of hydrogen-bond donors (Lipinski definition) is 1. The lowest BCUT2D eigenvalue weighted by Gasteiger charge is -2.22. The van der Waals surface area contributed by atoms with Crippen molar-refractivity contribution in [1.29, 1.82) is 5.26 Å². The normalized spacial score (nSPS) is 11.0. The van der Waals surface area contributed by atoms with Crippen molar-refractivity contribution in [1.82, 2.24) is 4.98 Å². The molecule has 28 heavy (non-hydrogen) atoms. The van der Waals surface area contributed by atoms with E-state index in [2.05, 4.69) is 10.3 Å². The van der Waals surface area contributed by atoms with Gasteiger partial charge in [-0.2, -0.15) is 5.26 Å². The van der Waals surface area contributed by atoms with Gasteiger partial charge in [0.05, 0.1) is 34.8 Å². The molecule has 0 bridgehead atoms. The van der Waals surface area contributed by atoms with E-state index in [1.807, 2.05) is 30.3 Å². The van der Waals surface area contributed by atoms with Crippen molar-refractivity contribution in [2.24, 2.45) is 0 Å². The molecule has 0 saturated carbocycles. The van der Waals surface area contributed by atoms with Crippen molar-refractivity contribution in [2.75, 3.05) is 22.4 Å². The maximum absolute atomic E-state index is 12.4. The van der Waals surface area contributed by atoms with Gasteiger partial charge in [0.1, 0.15) is 0 Å². The summed E-state index contributed by atoms with van der Waals surface area (Å²) in [6.45, 7) is -0.0439. The molecule has 3 rings (SSSR count). The Morgan fingerprint density at radius 1 is 1.18 bits per heavy atom. The third kappa shape index (κ3) is 4.45. The van der Waals surface area contributed by atoms with Crippen molar-refractivity contribution in [2.45, 2.75) is 6.42 Å². The number of nitrogens with zero attached hydrogens (tertiary/aromatic N) is 3. The van der Waals surface area contributed by atoms with Gasteiger partial charge in [-0.3, -0.25) is 14.1 Å². The molecule has 1 N–H and O–H groups in total. The number of amides is 1. The lowest BCUT2D eigenvalue weighted by atomic mass is 10.2. The molecular weight excluding hydrogens is 376 g/mol. The van der Waals surface area contributed by atoms with E-state index < -0.39 is 10.0 Å². The standard InChI is InChI=1S/C20H18N4O3S/c1-28(26,27)24(17-8-2-5-15(13-17)14-21)12-10-19(25)23-18-9-3-6-16-7-4-11-22-20(16)18/h2-9,11,13H,10,12H2,1H3,(H,23,25). The highest BCUT2D eigenvalue weighted by Gasteiger charge is 2.19. The SMILES string of the molecule is CS(=O)(=O)N(CCC(=O)Nc1cccc2cccnc12)c1cccc(C#N)c1. The second-order valence-electron chi connectivity index (χ2n) is 6.18. The van der Waals surface area contributed by atoms with Crippen molar-refractivity contribution < 1.29 is 13.2 Å². The second kappa shape index (κ2) is 8.06. The smallest absolute Gasteiger partial charge is 0.232 e. The van der Waals surface area contributed by atoms with Crippen molar-refractivity contribution >= 4 is 38.2 Å². The van der Waals surface area contributed by atoms with Crippen LogP contribution in [0, 0.1) is 11.3 Å². The summed E-state index contributed by atoms with van der Waals surface area (Å²) in [5.41, 5.74) is 1.93. The van der Waals surface area contributed by atoms with Gasteiger partial charge >= 0.3 is 0 Å². The average molecular weight is 394 g/mol. The average Bonchev–Trinajstić information content (AvgIpc) is 2.67. The summed E-state index contributed by atoms with van der Waals surface area (Å²) in [4.78, 5) is 16.7. The molecule has 8 heteroatoms. The number of aromatic nitrogens is 1. The summed E-state index contributed by atoms with van der Waals surface area (Å²) >= 11 is 0. The van der Waals surface area contributed by atoms with Crippen LogP contribution in [0.15, 0.2) is 60.8 Å². The third-order valence-corrected chi connectivity index (χ3v) is 5.31. The number of sulfonamides is 1. The van der Waals surface area contributed by atoms with Crippen LogP contribution in [-0.4, -0.2) is 32.1 Å². The summed E-state index contributed by atoms with van der Waals surface area (Å²) in [7, 11) is -3.61. The van der Waals surface area contributed by atoms with Gasteiger partial charge in [0.25, 0.3) is 0 Å². The molecule has 0 aliphatic carbocycles. The number of anilines is 2. The molecular formula is C20H18N4O3S. The first kappa shape index (κ1) is 19.3. The first-order valence-electron chi connectivity index (χ1n) is 8.50. The summed E-state index contributed by atoms with van der Waals surface area (Å²) in [5, 5.41) is 12.7. The summed E-state index contributed by atoms with van der Waals surface area (Å²) in [6.07, 6.45) is 2.66. The fourth-order valence-corrected chi connectivity index (χ4v) is 3.76. The zero-order chi connectivity index (χ0) is 20.1. The van der Waals surface area contributed by atoms with E-state index in [0.29, 0.717) is 22.5 Å². The molecule has 0 aliphatic heterocycles. The number of nitriles is 1. The predicted molar refractivity (Wildman–Crippen MR) is 108 cm³/mol. The molecule has 7 nitrogen and oxygen atoms in total. The van der Waals surface area contributed by atoms with E-state index in [-0.39, 0.29) is 18.9 Å². The van der Waals surface area contributed by atoms with Gasteiger partial charge in [0.2, 0.25) is 15.9 Å². The predicted octanol–water partition coefficient (Wildman–Crippen LogP) is 2.90. The number of hydrogen-bond acceptors (Lipinski definition) is 5. The van der Waals surface area contributed by atoms with Gasteiger partial charge in [-0.1, -0.05) is 24.3 Å². The Bertz CT molecular complexity index is 1160. The zero-order valence-electron chi connectivity index (χ0n) is 15.2. The van der Waals surface area contributed by atoms with Crippen LogP contribution >= 0.6 is 0 Å². The number of pyridine rings is 1. The lowest BCUT2D eigenvalue weighted by Crippen LogP contribution is -2.33. The minimum atomic E-state index is -3.61. The van der Waals surface area contributed by atoms with Gasteiger partial charge < -0.3 is 5.32 Å². The van der Waals surface area contributed by atoms with E-state index in [4.69, 9.17) is 5.26 Å². The maximum atomic E-state index is 12.4. The molecule has 1 aromatic heterocycles. The number of nitrogens with one attached hydrogen (secondary N) is 1. The second-order valence-corrected chi connectivity index (χ2v) is 8.08. The Balaban J connectivity index is 1.76. The fourth-order valence-electron chi connectivity index (χ4n) is 2.84. The summed E-state index contributed by atoms with van der Waals surface area (Å²) in [5.74, 6) is -0.330. The largest absolute Gasteiger partial charge is 0.324 e. The van der Waals surface area contributed by atoms with E-state index >= 15 is 0 Å².